The van der Waals surface area contributed by atoms with E-state index in [-0.39, 0.29) is 17.8 Å². The molecule has 2 nitrogen and oxygen atoms in total. The van der Waals surface area contributed by atoms with Gasteiger partial charge in [-0.05, 0) is 31.2 Å². The van der Waals surface area contributed by atoms with Crippen molar-refractivity contribution in [3.8, 4) is 11.3 Å². The normalized spacial score (nSPS) is 11.6. The Morgan fingerprint density at radius 2 is 1.62 bits per heavy atom. The van der Waals surface area contributed by atoms with Gasteiger partial charge in [0.05, 0.1) is 5.69 Å². The van der Waals surface area contributed by atoms with Crippen molar-refractivity contribution in [3.05, 3.63) is 69.5 Å². The highest BCUT2D eigenvalue weighted by molar-refractivity contribution is 7.12. The van der Waals surface area contributed by atoms with Crippen LogP contribution < -0.4 is 5.32 Å². The van der Waals surface area contributed by atoms with Crippen LogP contribution in [0.3, 0.4) is 0 Å². The lowest BCUT2D eigenvalue weighted by molar-refractivity contribution is -0.137. The lowest BCUT2D eigenvalue weighted by Crippen LogP contribution is -2.04. The zero-order chi connectivity index (χ0) is 18.9. The van der Waals surface area contributed by atoms with Crippen LogP contribution in [0.25, 0.3) is 11.3 Å². The molecule has 0 aliphatic rings. The minimum Gasteiger partial charge on any atom is -0.381 e. The van der Waals surface area contributed by atoms with Crippen molar-refractivity contribution in [3.63, 3.8) is 0 Å². The Bertz CT molecular complexity index is 896. The molecule has 0 amide bonds. The molecule has 0 saturated heterocycles. The van der Waals surface area contributed by atoms with E-state index in [0.29, 0.717) is 27.5 Å². The maximum atomic E-state index is 13.6. The molecule has 1 heterocycles. The van der Waals surface area contributed by atoms with Gasteiger partial charge in [-0.3, -0.25) is 0 Å². The van der Waals surface area contributed by atoms with Crippen molar-refractivity contribution in [2.75, 3.05) is 5.32 Å². The largest absolute Gasteiger partial charge is 0.443 e. The highest BCUT2D eigenvalue weighted by Crippen LogP contribution is 2.37. The molecule has 3 rings (SSSR count). The molecule has 0 atom stereocenters. The van der Waals surface area contributed by atoms with Crippen LogP contribution in [0.15, 0.2) is 42.5 Å². The molecule has 3 aromatic rings. The predicted molar refractivity (Wildman–Crippen MR) is 91.0 cm³/mol. The minimum absolute atomic E-state index is 0.0498. The average Bonchev–Trinajstić information content (AvgIpc) is 2.97. The number of nitrogens with zero attached hydrogens (tertiary/aromatic N) is 1. The van der Waals surface area contributed by atoms with Gasteiger partial charge in [0.1, 0.15) is 11.6 Å². The van der Waals surface area contributed by atoms with E-state index in [1.807, 2.05) is 0 Å². The van der Waals surface area contributed by atoms with Crippen LogP contribution in [0.2, 0.25) is 0 Å². The average molecular weight is 384 g/mol. The van der Waals surface area contributed by atoms with Crippen molar-refractivity contribution < 1.29 is 22.0 Å². The van der Waals surface area contributed by atoms with Crippen molar-refractivity contribution in [2.45, 2.75) is 19.6 Å². The summed E-state index contributed by atoms with van der Waals surface area (Å²) in [6, 6.07) is 10.1. The Balaban J connectivity index is 1.76. The number of halogens is 5. The van der Waals surface area contributed by atoms with Crippen molar-refractivity contribution >= 4 is 17.0 Å². The monoisotopic (exact) mass is 384 g/mol. The first kappa shape index (κ1) is 18.3. The first-order valence-corrected chi connectivity index (χ1v) is 8.39. The molecule has 1 N–H and O–H groups in total. The molecule has 0 spiro atoms. The molecule has 0 radical (unpaired) electrons. The Hall–Kier alpha value is -2.48. The molecular weight excluding hydrogens is 371 g/mol. The van der Waals surface area contributed by atoms with Gasteiger partial charge < -0.3 is 5.32 Å². The quantitative estimate of drug-likeness (QED) is 0.556. The summed E-state index contributed by atoms with van der Waals surface area (Å²) < 4.78 is 65.5. The highest BCUT2D eigenvalue weighted by Gasteiger charge is 2.35. The second-order valence-electron chi connectivity index (χ2n) is 5.55. The van der Waals surface area contributed by atoms with E-state index < -0.39 is 22.8 Å². The third kappa shape index (κ3) is 3.85. The number of thiazole rings is 1. The van der Waals surface area contributed by atoms with Gasteiger partial charge in [-0.1, -0.05) is 18.2 Å². The van der Waals surface area contributed by atoms with Crippen LogP contribution in [0.4, 0.5) is 27.6 Å². The summed E-state index contributed by atoms with van der Waals surface area (Å²) in [6.45, 7) is 1.53. The molecule has 0 saturated carbocycles. The van der Waals surface area contributed by atoms with Gasteiger partial charge in [0.15, 0.2) is 5.01 Å². The molecule has 0 bridgehead atoms. The smallest absolute Gasteiger partial charge is 0.381 e. The summed E-state index contributed by atoms with van der Waals surface area (Å²) in [4.78, 5) is 4.14. The standard InChI is InChI=1S/C18H13F5N2S/c1-10-16(25-17(26-10)18(21,22)23)11-5-7-12(8-6-11)24-9-13-14(19)3-2-4-15(13)20/h2-8,24H,9H2,1H3. The maximum absolute atomic E-state index is 13.6. The SMILES string of the molecule is Cc1sc(C(F)(F)F)nc1-c1ccc(NCc2c(F)cccc2F)cc1. The Labute approximate surface area is 150 Å². The zero-order valence-electron chi connectivity index (χ0n) is 13.5. The number of benzene rings is 2. The molecule has 1 aromatic heterocycles. The van der Waals surface area contributed by atoms with Gasteiger partial charge in [-0.2, -0.15) is 13.2 Å². The molecule has 0 aliphatic carbocycles. The lowest BCUT2D eigenvalue weighted by Gasteiger charge is -2.09. The molecule has 0 aliphatic heterocycles. The van der Waals surface area contributed by atoms with Gasteiger partial charge in [0, 0.05) is 28.2 Å². The second kappa shape index (κ2) is 7.03. The molecule has 136 valence electrons. The van der Waals surface area contributed by atoms with Crippen LogP contribution in [0, 0.1) is 18.6 Å². The van der Waals surface area contributed by atoms with Crippen LogP contribution >= 0.6 is 11.3 Å². The van der Waals surface area contributed by atoms with E-state index in [0.717, 1.165) is 0 Å². The second-order valence-corrected chi connectivity index (χ2v) is 6.76. The van der Waals surface area contributed by atoms with Crippen LogP contribution in [-0.4, -0.2) is 4.98 Å². The summed E-state index contributed by atoms with van der Waals surface area (Å²) >= 11 is 0.596. The third-order valence-electron chi connectivity index (χ3n) is 3.73. The van der Waals surface area contributed by atoms with Crippen LogP contribution in [-0.2, 0) is 12.7 Å². The Morgan fingerprint density at radius 1 is 1.00 bits per heavy atom. The van der Waals surface area contributed by atoms with Gasteiger partial charge in [0.25, 0.3) is 0 Å². The fourth-order valence-electron chi connectivity index (χ4n) is 2.42. The molecule has 2 aromatic carbocycles. The van der Waals surface area contributed by atoms with Crippen molar-refractivity contribution in [1.29, 1.82) is 0 Å². The summed E-state index contributed by atoms with van der Waals surface area (Å²) in [5.41, 5.74) is 1.31. The Kier molecular flexibility index (Phi) is 4.95. The van der Waals surface area contributed by atoms with Crippen molar-refractivity contribution in [2.24, 2.45) is 0 Å². The summed E-state index contributed by atoms with van der Waals surface area (Å²) in [6.07, 6.45) is -4.47. The summed E-state index contributed by atoms with van der Waals surface area (Å²) in [5.74, 6) is -1.29. The highest BCUT2D eigenvalue weighted by atomic mass is 32.1. The third-order valence-corrected chi connectivity index (χ3v) is 4.74. The van der Waals surface area contributed by atoms with Crippen molar-refractivity contribution in [1.82, 2.24) is 4.98 Å². The van der Waals surface area contributed by atoms with E-state index in [1.54, 1.807) is 31.2 Å². The van der Waals surface area contributed by atoms with Gasteiger partial charge in [0.2, 0.25) is 0 Å². The number of hydrogen-bond donors (Lipinski definition) is 1. The number of nitrogens with one attached hydrogen (secondary N) is 1. The van der Waals surface area contributed by atoms with E-state index in [9.17, 15) is 22.0 Å². The molecule has 0 fully saturated rings. The number of anilines is 1. The fourth-order valence-corrected chi connectivity index (χ4v) is 3.23. The van der Waals surface area contributed by atoms with E-state index in [1.165, 1.54) is 18.2 Å². The lowest BCUT2D eigenvalue weighted by atomic mass is 10.1. The van der Waals surface area contributed by atoms with Gasteiger partial charge in [-0.15, -0.1) is 11.3 Å². The molecule has 26 heavy (non-hydrogen) atoms. The molecular formula is C18H13F5N2S. The van der Waals surface area contributed by atoms with E-state index in [2.05, 4.69) is 10.3 Å². The summed E-state index contributed by atoms with van der Waals surface area (Å²) in [7, 11) is 0. The summed E-state index contributed by atoms with van der Waals surface area (Å²) in [5, 5.41) is 2.00. The van der Waals surface area contributed by atoms with E-state index in [4.69, 9.17) is 0 Å². The zero-order valence-corrected chi connectivity index (χ0v) is 14.3. The molecule has 0 unspecified atom stereocenters. The van der Waals surface area contributed by atoms with Gasteiger partial charge in [-0.25, -0.2) is 13.8 Å². The molecule has 8 heteroatoms. The first-order chi connectivity index (χ1) is 12.3. The number of aromatic nitrogens is 1. The number of hydrogen-bond acceptors (Lipinski definition) is 3. The maximum Gasteiger partial charge on any atom is 0.443 e. The topological polar surface area (TPSA) is 24.9 Å². The fraction of sp³-hybridized carbons (Fsp3) is 0.167. The predicted octanol–water partition coefficient (Wildman–Crippen LogP) is 6.03. The minimum atomic E-state index is -4.47. The Morgan fingerprint density at radius 3 is 2.15 bits per heavy atom. The van der Waals surface area contributed by atoms with Crippen LogP contribution in [0.1, 0.15) is 15.4 Å². The van der Waals surface area contributed by atoms with Gasteiger partial charge >= 0.3 is 6.18 Å². The van der Waals surface area contributed by atoms with E-state index >= 15 is 0 Å². The van der Waals surface area contributed by atoms with Crippen LogP contribution in [0.5, 0.6) is 0 Å². The number of alkyl halides is 3. The number of aryl methyl sites for hydroxylation is 1. The number of rotatable bonds is 4. The first-order valence-electron chi connectivity index (χ1n) is 7.57.